The van der Waals surface area contributed by atoms with Crippen molar-refractivity contribution >= 4 is 28.8 Å². The maximum atomic E-state index is 12.1. The van der Waals surface area contributed by atoms with Gasteiger partial charge >= 0.3 is 0 Å². The van der Waals surface area contributed by atoms with Crippen LogP contribution in [0.25, 0.3) is 11.0 Å². The van der Waals surface area contributed by atoms with Crippen LogP contribution in [0.3, 0.4) is 0 Å². The first-order chi connectivity index (χ1) is 10.6. The molecule has 7 nitrogen and oxygen atoms in total. The number of nitrogens with zero attached hydrogens (tertiary/aromatic N) is 1. The number of furan rings is 1. The molecule has 7 heteroatoms. The van der Waals surface area contributed by atoms with E-state index in [-0.39, 0.29) is 11.8 Å². The lowest BCUT2D eigenvalue weighted by molar-refractivity contribution is -0.117. The van der Waals surface area contributed by atoms with Gasteiger partial charge in [-0.3, -0.25) is 14.9 Å². The summed E-state index contributed by atoms with van der Waals surface area (Å²) >= 11 is 0. The number of amides is 2. The predicted octanol–water partition coefficient (Wildman–Crippen LogP) is 1.91. The summed E-state index contributed by atoms with van der Waals surface area (Å²) in [4.78, 5) is 31.2. The third-order valence-electron chi connectivity index (χ3n) is 3.16. The number of imidazole rings is 1. The van der Waals surface area contributed by atoms with Gasteiger partial charge in [-0.1, -0.05) is 12.1 Å². The molecule has 1 aromatic carbocycles. The van der Waals surface area contributed by atoms with Gasteiger partial charge in [-0.25, -0.2) is 4.98 Å². The number of H-pyrrole nitrogens is 1. The van der Waals surface area contributed by atoms with Gasteiger partial charge in [-0.2, -0.15) is 0 Å². The summed E-state index contributed by atoms with van der Waals surface area (Å²) in [5.41, 5.74) is 1.95. The van der Waals surface area contributed by atoms with Crippen molar-refractivity contribution in [3.63, 3.8) is 0 Å². The summed E-state index contributed by atoms with van der Waals surface area (Å²) in [6.07, 6.45) is 2.72. The molecule has 112 valence electrons. The Balaban J connectivity index is 1.64. The molecule has 2 heterocycles. The van der Waals surface area contributed by atoms with Crippen LogP contribution in [-0.2, 0) is 4.79 Å². The van der Waals surface area contributed by atoms with Crippen LogP contribution < -0.4 is 10.6 Å². The smallest absolute Gasteiger partial charge is 0.255 e. The van der Waals surface area contributed by atoms with Gasteiger partial charge in [0.05, 0.1) is 22.9 Å². The molecule has 2 aromatic heterocycles. The third-order valence-corrected chi connectivity index (χ3v) is 3.16. The fourth-order valence-electron chi connectivity index (χ4n) is 1.98. The number of aromatic nitrogens is 2. The zero-order chi connectivity index (χ0) is 15.5. The molecule has 1 atom stereocenters. The van der Waals surface area contributed by atoms with Gasteiger partial charge in [0.2, 0.25) is 11.9 Å². The zero-order valence-electron chi connectivity index (χ0n) is 11.8. The van der Waals surface area contributed by atoms with Gasteiger partial charge in [0.15, 0.2) is 0 Å². The first-order valence-corrected chi connectivity index (χ1v) is 6.72. The van der Waals surface area contributed by atoms with Crippen LogP contribution in [-0.4, -0.2) is 27.8 Å². The number of benzene rings is 1. The number of nitrogens with one attached hydrogen (secondary N) is 3. The summed E-state index contributed by atoms with van der Waals surface area (Å²) in [6.45, 7) is 1.59. The molecule has 22 heavy (non-hydrogen) atoms. The van der Waals surface area contributed by atoms with E-state index in [1.165, 1.54) is 18.6 Å². The Kier molecular flexibility index (Phi) is 3.61. The number of aromatic amines is 1. The van der Waals surface area contributed by atoms with Crippen molar-refractivity contribution in [1.29, 1.82) is 0 Å². The van der Waals surface area contributed by atoms with Gasteiger partial charge in [-0.05, 0) is 25.1 Å². The van der Waals surface area contributed by atoms with E-state index in [9.17, 15) is 9.59 Å². The molecule has 3 aromatic rings. The third kappa shape index (κ3) is 2.83. The summed E-state index contributed by atoms with van der Waals surface area (Å²) in [5, 5.41) is 5.22. The molecule has 0 aliphatic heterocycles. The molecule has 0 aliphatic rings. The van der Waals surface area contributed by atoms with Crippen molar-refractivity contribution in [3.8, 4) is 0 Å². The van der Waals surface area contributed by atoms with Crippen molar-refractivity contribution in [2.45, 2.75) is 13.0 Å². The Bertz CT molecular complexity index is 774. The normalized spacial score (nSPS) is 12.0. The van der Waals surface area contributed by atoms with Gasteiger partial charge in [-0.15, -0.1) is 0 Å². The number of anilines is 1. The minimum Gasteiger partial charge on any atom is -0.472 e. The van der Waals surface area contributed by atoms with Gasteiger partial charge in [0.25, 0.3) is 5.91 Å². The summed E-state index contributed by atoms with van der Waals surface area (Å²) in [5.74, 6) is -0.396. The van der Waals surface area contributed by atoms with Crippen LogP contribution in [0.1, 0.15) is 17.3 Å². The first-order valence-electron chi connectivity index (χ1n) is 6.72. The number of hydrogen-bond acceptors (Lipinski definition) is 4. The molecule has 2 amide bonds. The van der Waals surface area contributed by atoms with Gasteiger partial charge in [0, 0.05) is 0 Å². The first kappa shape index (κ1) is 13.9. The van der Waals surface area contributed by atoms with Crippen molar-refractivity contribution in [2.24, 2.45) is 0 Å². The molecule has 0 radical (unpaired) electrons. The fraction of sp³-hybridized carbons (Fsp3) is 0.133. The van der Waals surface area contributed by atoms with E-state index in [4.69, 9.17) is 4.42 Å². The summed E-state index contributed by atoms with van der Waals surface area (Å²) in [6, 6.07) is 8.26. The molecule has 3 N–H and O–H groups in total. The number of hydrogen-bond donors (Lipinski definition) is 3. The lowest BCUT2D eigenvalue weighted by Gasteiger charge is -2.12. The lowest BCUT2D eigenvalue weighted by atomic mass is 10.2. The molecule has 3 rings (SSSR count). The largest absolute Gasteiger partial charge is 0.472 e. The SMILES string of the molecule is C[C@H](NC(=O)c1ccoc1)C(=O)Nc1nc2ccccc2[nH]1. The van der Waals surface area contributed by atoms with Crippen LogP contribution in [0.5, 0.6) is 0 Å². The van der Waals surface area contributed by atoms with E-state index >= 15 is 0 Å². The minimum atomic E-state index is -0.712. The van der Waals surface area contributed by atoms with Crippen molar-refractivity contribution in [3.05, 3.63) is 48.4 Å². The minimum absolute atomic E-state index is 0.343. The van der Waals surface area contributed by atoms with E-state index < -0.39 is 6.04 Å². The van der Waals surface area contributed by atoms with Crippen LogP contribution in [0.15, 0.2) is 47.3 Å². The van der Waals surface area contributed by atoms with Crippen LogP contribution >= 0.6 is 0 Å². The summed E-state index contributed by atoms with van der Waals surface area (Å²) < 4.78 is 4.83. The van der Waals surface area contributed by atoms with Crippen molar-refractivity contribution in [2.75, 3.05) is 5.32 Å². The molecule has 0 saturated heterocycles. The molecular formula is C15H14N4O3. The van der Waals surface area contributed by atoms with Gasteiger partial charge < -0.3 is 14.7 Å². The number of fused-ring (bicyclic) bond motifs is 1. The van der Waals surface area contributed by atoms with Crippen LogP contribution in [0.4, 0.5) is 5.95 Å². The lowest BCUT2D eigenvalue weighted by Crippen LogP contribution is -2.41. The molecule has 0 saturated carbocycles. The standard InChI is InChI=1S/C15H14N4O3/c1-9(16-14(21)10-6-7-22-8-10)13(20)19-15-17-11-4-2-3-5-12(11)18-15/h2-9H,1H3,(H,16,21)(H2,17,18,19,20)/t9-/m0/s1. The second kappa shape index (κ2) is 5.72. The quantitative estimate of drug-likeness (QED) is 0.685. The van der Waals surface area contributed by atoms with Crippen molar-refractivity contribution in [1.82, 2.24) is 15.3 Å². The predicted molar refractivity (Wildman–Crippen MR) is 80.4 cm³/mol. The Hall–Kier alpha value is -3.09. The van der Waals surface area contributed by atoms with Crippen LogP contribution in [0, 0.1) is 0 Å². The fourth-order valence-corrected chi connectivity index (χ4v) is 1.98. The molecule has 0 bridgehead atoms. The molecule has 0 unspecified atom stereocenters. The Morgan fingerprint density at radius 1 is 1.27 bits per heavy atom. The Morgan fingerprint density at radius 3 is 2.82 bits per heavy atom. The summed E-state index contributed by atoms with van der Waals surface area (Å²) in [7, 11) is 0. The maximum absolute atomic E-state index is 12.1. The second-order valence-corrected chi connectivity index (χ2v) is 4.80. The number of para-hydroxylation sites is 2. The number of rotatable bonds is 4. The van der Waals surface area contributed by atoms with Gasteiger partial charge in [0.1, 0.15) is 12.3 Å². The second-order valence-electron chi connectivity index (χ2n) is 4.80. The molecule has 0 fully saturated rings. The highest BCUT2D eigenvalue weighted by Crippen LogP contribution is 2.13. The van der Waals surface area contributed by atoms with Crippen molar-refractivity contribution < 1.29 is 14.0 Å². The van der Waals surface area contributed by atoms with E-state index in [1.54, 1.807) is 6.92 Å². The topological polar surface area (TPSA) is 100 Å². The average Bonchev–Trinajstić information content (AvgIpc) is 3.15. The van der Waals surface area contributed by atoms with Crippen LogP contribution in [0.2, 0.25) is 0 Å². The molecule has 0 spiro atoms. The molecular weight excluding hydrogens is 284 g/mol. The average molecular weight is 298 g/mol. The monoisotopic (exact) mass is 298 g/mol. The van der Waals surface area contributed by atoms with E-state index in [0.717, 1.165) is 11.0 Å². The Labute approximate surface area is 125 Å². The van der Waals surface area contributed by atoms with E-state index in [2.05, 4.69) is 20.6 Å². The van der Waals surface area contributed by atoms with E-state index in [0.29, 0.717) is 11.5 Å². The number of carbonyl (C=O) groups is 2. The number of carbonyl (C=O) groups excluding carboxylic acids is 2. The zero-order valence-corrected chi connectivity index (χ0v) is 11.8. The highest BCUT2D eigenvalue weighted by molar-refractivity contribution is 6.00. The Morgan fingerprint density at radius 2 is 2.09 bits per heavy atom. The van der Waals surface area contributed by atoms with E-state index in [1.807, 2.05) is 24.3 Å². The maximum Gasteiger partial charge on any atom is 0.255 e. The molecule has 0 aliphatic carbocycles. The highest BCUT2D eigenvalue weighted by Gasteiger charge is 2.18. The highest BCUT2D eigenvalue weighted by atomic mass is 16.3.